The molecule has 2 saturated heterocycles. The van der Waals surface area contributed by atoms with Gasteiger partial charge < -0.3 is 18.6 Å². The molecule has 3 aromatic carbocycles. The molecule has 8 rings (SSSR count). The maximum Gasteiger partial charge on any atom is 0.494 e. The molecule has 3 heterocycles. The normalized spacial score (nSPS) is 30.1. The Bertz CT molecular complexity index is 1860. The lowest BCUT2D eigenvalue weighted by atomic mass is 9.59. The molecule has 6 bridgehead atoms. The van der Waals surface area contributed by atoms with E-state index in [9.17, 15) is 0 Å². The zero-order chi connectivity index (χ0) is 34.6. The van der Waals surface area contributed by atoms with Crippen LogP contribution in [-0.4, -0.2) is 36.6 Å². The molecule has 0 radical (unpaired) electrons. The number of unbranched alkanes of at least 4 members (excludes halogenated alkanes) is 2. The van der Waals surface area contributed by atoms with Gasteiger partial charge in [0.05, 0.1) is 27.8 Å². The van der Waals surface area contributed by atoms with Crippen LogP contribution in [0.4, 0.5) is 0 Å². The third kappa shape index (κ3) is 4.80. The van der Waals surface area contributed by atoms with Crippen LogP contribution in [0, 0.1) is 6.92 Å². The van der Waals surface area contributed by atoms with Crippen LogP contribution in [0.3, 0.4) is 0 Å². The topological polar surface area (TPSA) is 36.9 Å². The maximum atomic E-state index is 7.24. The highest BCUT2D eigenvalue weighted by Gasteiger charge is 2.61. The van der Waals surface area contributed by atoms with E-state index in [1.165, 1.54) is 57.4 Å². The van der Waals surface area contributed by atoms with E-state index in [1.54, 1.807) is 0 Å². The van der Waals surface area contributed by atoms with E-state index in [0.29, 0.717) is 0 Å². The average Bonchev–Trinajstić information content (AvgIpc) is 3.58. The third-order valence-corrected chi connectivity index (χ3v) is 13.2. The molecule has 2 aliphatic carbocycles. The second-order valence-corrected chi connectivity index (χ2v) is 17.0. The van der Waals surface area contributed by atoms with Crippen molar-refractivity contribution in [2.24, 2.45) is 0 Å². The minimum Gasteiger partial charge on any atom is -0.403 e. The van der Waals surface area contributed by atoms with Crippen molar-refractivity contribution in [2.75, 3.05) is 0 Å². The number of allylic oxidation sites excluding steroid dienone is 4. The van der Waals surface area contributed by atoms with Crippen molar-refractivity contribution in [1.82, 2.24) is 0 Å². The van der Waals surface area contributed by atoms with Gasteiger partial charge in [-0.3, -0.25) is 0 Å². The van der Waals surface area contributed by atoms with Gasteiger partial charge in [-0.1, -0.05) is 111 Å². The van der Waals surface area contributed by atoms with Gasteiger partial charge in [0.2, 0.25) is 0 Å². The summed E-state index contributed by atoms with van der Waals surface area (Å²) < 4.78 is 27.5. The molecule has 2 fully saturated rings. The highest BCUT2D eigenvalue weighted by Crippen LogP contribution is 2.61. The van der Waals surface area contributed by atoms with Crippen molar-refractivity contribution in [2.45, 2.75) is 134 Å². The van der Waals surface area contributed by atoms with Crippen molar-refractivity contribution in [3.8, 4) is 0 Å². The van der Waals surface area contributed by atoms with Gasteiger partial charge in [0, 0.05) is 11.7 Å². The minimum atomic E-state index is -0.497. The Hall–Kier alpha value is -2.89. The molecular formula is C43H52B2O4. The second-order valence-electron chi connectivity index (χ2n) is 17.0. The number of hydrogen-bond acceptors (Lipinski definition) is 4. The Morgan fingerprint density at radius 2 is 1.47 bits per heavy atom. The molecule has 0 aromatic heterocycles. The molecule has 3 aromatic rings. The van der Waals surface area contributed by atoms with Gasteiger partial charge in [0.1, 0.15) is 0 Å². The predicted octanol–water partition coefficient (Wildman–Crippen LogP) is 9.48. The standard InChI is InChI=1S/C43H52B2O4/c1-10-11-12-19-36-29-16-14-18-31(25-29)43(30-17-13-15-28(2)24-30)37-26-32(44-46-39(3,4)40(5,6)47-44)20-22-34(37)35-23-21-33(27-38(35)43)45-48-41(7,8)42(36,9)49-45/h13-18,20-26,33,36H,10-12,19,27H2,1-9H3. The van der Waals surface area contributed by atoms with Crippen molar-refractivity contribution in [3.63, 3.8) is 0 Å². The Balaban J connectivity index is 1.40. The van der Waals surface area contributed by atoms with Gasteiger partial charge in [0.15, 0.2) is 0 Å². The largest absolute Gasteiger partial charge is 0.494 e. The molecule has 0 saturated carbocycles. The van der Waals surface area contributed by atoms with E-state index in [0.717, 1.165) is 24.7 Å². The lowest BCUT2D eigenvalue weighted by molar-refractivity contribution is -0.0331. The van der Waals surface area contributed by atoms with E-state index in [-0.39, 0.29) is 18.9 Å². The monoisotopic (exact) mass is 654 g/mol. The average molecular weight is 655 g/mol. The minimum absolute atomic E-state index is 0.0914. The van der Waals surface area contributed by atoms with Crippen LogP contribution in [0.2, 0.25) is 5.82 Å². The number of benzene rings is 3. The molecular weight excluding hydrogens is 602 g/mol. The SMILES string of the molecule is CCCCCC1c2cccc(c2)C2(c3cccc(C)c3)C3=C(C=CC(C3)B3OC(C)(C)C1(C)O3)c1ccc(B3OC(C)(C)C(C)(C)O3)cc12. The summed E-state index contributed by atoms with van der Waals surface area (Å²) in [4.78, 5) is 0. The fourth-order valence-corrected chi connectivity index (χ4v) is 9.47. The first kappa shape index (κ1) is 33.3. The summed E-state index contributed by atoms with van der Waals surface area (Å²) in [7, 11) is -0.766. The fourth-order valence-electron chi connectivity index (χ4n) is 9.47. The number of aryl methyl sites for hydroxylation is 1. The highest BCUT2D eigenvalue weighted by atomic mass is 16.7. The lowest BCUT2D eigenvalue weighted by Crippen LogP contribution is -2.49. The van der Waals surface area contributed by atoms with Crippen LogP contribution in [0.15, 0.2) is 84.5 Å². The molecule has 49 heavy (non-hydrogen) atoms. The van der Waals surface area contributed by atoms with Gasteiger partial charge in [-0.2, -0.15) is 0 Å². The quantitative estimate of drug-likeness (QED) is 0.196. The number of fused-ring (bicyclic) bond motifs is 10. The summed E-state index contributed by atoms with van der Waals surface area (Å²) in [5.74, 6) is 0.273. The van der Waals surface area contributed by atoms with Gasteiger partial charge in [-0.25, -0.2) is 0 Å². The summed E-state index contributed by atoms with van der Waals surface area (Å²) in [6.07, 6.45) is 10.2. The zero-order valence-corrected chi connectivity index (χ0v) is 31.0. The van der Waals surface area contributed by atoms with Crippen molar-refractivity contribution in [3.05, 3.63) is 118 Å². The van der Waals surface area contributed by atoms with E-state index >= 15 is 0 Å². The predicted molar refractivity (Wildman–Crippen MR) is 201 cm³/mol. The van der Waals surface area contributed by atoms with E-state index in [4.69, 9.17) is 18.6 Å². The van der Waals surface area contributed by atoms with Crippen LogP contribution in [0.25, 0.3) is 5.57 Å². The summed E-state index contributed by atoms with van der Waals surface area (Å²) in [5, 5.41) is 0. The van der Waals surface area contributed by atoms with Crippen LogP contribution in [-0.2, 0) is 24.0 Å². The van der Waals surface area contributed by atoms with Crippen LogP contribution < -0.4 is 5.46 Å². The lowest BCUT2D eigenvalue weighted by Gasteiger charge is -2.44. The summed E-state index contributed by atoms with van der Waals surface area (Å²) in [6, 6.07) is 25.7. The molecule has 6 heteroatoms. The fraction of sp³-hybridized carbons (Fsp3) is 0.488. The Morgan fingerprint density at radius 1 is 0.755 bits per heavy atom. The van der Waals surface area contributed by atoms with Crippen LogP contribution in [0.1, 0.15) is 127 Å². The van der Waals surface area contributed by atoms with E-state index < -0.39 is 34.9 Å². The van der Waals surface area contributed by atoms with E-state index in [1.807, 2.05) is 0 Å². The summed E-state index contributed by atoms with van der Waals surface area (Å²) in [6.45, 7) is 19.8. The summed E-state index contributed by atoms with van der Waals surface area (Å²) in [5.41, 5.74) is 9.34. The molecule has 4 unspecified atom stereocenters. The van der Waals surface area contributed by atoms with Crippen LogP contribution in [0.5, 0.6) is 0 Å². The molecule has 3 aliphatic heterocycles. The van der Waals surface area contributed by atoms with Gasteiger partial charge >= 0.3 is 14.2 Å². The summed E-state index contributed by atoms with van der Waals surface area (Å²) >= 11 is 0. The maximum absolute atomic E-state index is 7.24. The third-order valence-electron chi connectivity index (χ3n) is 13.2. The van der Waals surface area contributed by atoms with Crippen molar-refractivity contribution >= 4 is 25.3 Å². The van der Waals surface area contributed by atoms with Gasteiger partial charge in [0.25, 0.3) is 0 Å². The number of hydrogen-bond donors (Lipinski definition) is 0. The molecule has 5 aliphatic rings. The van der Waals surface area contributed by atoms with Crippen LogP contribution >= 0.6 is 0 Å². The second kappa shape index (κ2) is 11.3. The molecule has 254 valence electrons. The van der Waals surface area contributed by atoms with Gasteiger partial charge in [-0.05, 0) is 113 Å². The molecule has 0 spiro atoms. The Morgan fingerprint density at radius 3 is 2.18 bits per heavy atom. The zero-order valence-electron chi connectivity index (χ0n) is 31.0. The Kier molecular flexibility index (Phi) is 7.68. The first-order valence-corrected chi connectivity index (χ1v) is 18.7. The van der Waals surface area contributed by atoms with Gasteiger partial charge in [-0.15, -0.1) is 0 Å². The number of rotatable bonds is 6. The molecule has 4 nitrogen and oxygen atoms in total. The highest BCUT2D eigenvalue weighted by molar-refractivity contribution is 6.62. The smallest absolute Gasteiger partial charge is 0.403 e. The molecule has 4 atom stereocenters. The first-order chi connectivity index (χ1) is 23.2. The van der Waals surface area contributed by atoms with E-state index in [2.05, 4.69) is 141 Å². The first-order valence-electron chi connectivity index (χ1n) is 18.7. The Labute approximate surface area is 295 Å². The molecule has 0 N–H and O–H groups in total. The molecule has 0 amide bonds. The van der Waals surface area contributed by atoms with Crippen molar-refractivity contribution in [1.29, 1.82) is 0 Å². The van der Waals surface area contributed by atoms with Crippen molar-refractivity contribution < 1.29 is 18.6 Å².